The standard InChI is InChI=1S/C59H96O5/c1-4-7-10-13-16-19-22-25-27-29-30-31-32-35-37-40-43-46-49-52-58(60)63-56-57(64-59(61)53-50-47-44-41-38-34-24-21-18-15-12-9-6-3)55-62-54-51-48-45-42-39-36-33-28-26-23-20-17-14-11-8-5-2/h7,9-10,12,16-21,25-28,30-31,34-35,37-38,57H,4-6,8,11,13-15,22-24,29,32-33,36,39-56H2,1-3H3/b10-7-,12-9-,19-16-,20-17-,21-18-,27-25-,28-26-,31-30-,37-35-,38-34-. The highest BCUT2D eigenvalue weighted by molar-refractivity contribution is 5.70. The van der Waals surface area contributed by atoms with Crippen molar-refractivity contribution in [3.8, 4) is 0 Å². The first kappa shape index (κ1) is 60.3. The average Bonchev–Trinajstić information content (AvgIpc) is 3.30. The van der Waals surface area contributed by atoms with Crippen molar-refractivity contribution in [3.05, 3.63) is 122 Å². The van der Waals surface area contributed by atoms with Crippen molar-refractivity contribution in [2.75, 3.05) is 19.8 Å². The number of carbonyl (C=O) groups is 2. The van der Waals surface area contributed by atoms with Crippen LogP contribution in [0.3, 0.4) is 0 Å². The van der Waals surface area contributed by atoms with E-state index in [2.05, 4.69) is 142 Å². The Morgan fingerprint density at radius 3 is 1.12 bits per heavy atom. The molecule has 0 bridgehead atoms. The molecular weight excluding hydrogens is 789 g/mol. The third-order valence-electron chi connectivity index (χ3n) is 10.5. The molecule has 0 amide bonds. The highest BCUT2D eigenvalue weighted by Gasteiger charge is 2.17. The average molecular weight is 885 g/mol. The summed E-state index contributed by atoms with van der Waals surface area (Å²) in [4.78, 5) is 25.4. The van der Waals surface area contributed by atoms with Gasteiger partial charge in [-0.3, -0.25) is 9.59 Å². The van der Waals surface area contributed by atoms with Crippen molar-refractivity contribution in [2.45, 2.75) is 219 Å². The van der Waals surface area contributed by atoms with Crippen LogP contribution in [0.15, 0.2) is 122 Å². The Morgan fingerprint density at radius 1 is 0.359 bits per heavy atom. The van der Waals surface area contributed by atoms with Gasteiger partial charge in [-0.1, -0.05) is 194 Å². The largest absolute Gasteiger partial charge is 0.462 e. The van der Waals surface area contributed by atoms with Gasteiger partial charge >= 0.3 is 11.9 Å². The van der Waals surface area contributed by atoms with Crippen LogP contribution >= 0.6 is 0 Å². The fourth-order valence-corrected chi connectivity index (χ4v) is 6.64. The van der Waals surface area contributed by atoms with Gasteiger partial charge in [0.05, 0.1) is 6.61 Å². The predicted molar refractivity (Wildman–Crippen MR) is 279 cm³/mol. The molecule has 0 aliphatic rings. The summed E-state index contributed by atoms with van der Waals surface area (Å²) in [6.07, 6.45) is 74.9. The van der Waals surface area contributed by atoms with E-state index in [4.69, 9.17) is 14.2 Å². The van der Waals surface area contributed by atoms with E-state index in [1.54, 1.807) is 0 Å². The molecule has 0 radical (unpaired) electrons. The van der Waals surface area contributed by atoms with Gasteiger partial charge in [0.15, 0.2) is 6.10 Å². The van der Waals surface area contributed by atoms with Crippen molar-refractivity contribution >= 4 is 11.9 Å². The van der Waals surface area contributed by atoms with Gasteiger partial charge in [0.1, 0.15) is 6.61 Å². The van der Waals surface area contributed by atoms with Gasteiger partial charge < -0.3 is 14.2 Å². The maximum atomic E-state index is 12.8. The second kappa shape index (κ2) is 53.6. The molecule has 0 saturated heterocycles. The van der Waals surface area contributed by atoms with E-state index in [9.17, 15) is 9.59 Å². The highest BCUT2D eigenvalue weighted by atomic mass is 16.6. The summed E-state index contributed by atoms with van der Waals surface area (Å²) < 4.78 is 17.3. The number of allylic oxidation sites excluding steroid dienone is 20. The fourth-order valence-electron chi connectivity index (χ4n) is 6.64. The van der Waals surface area contributed by atoms with Crippen LogP contribution in [0, 0.1) is 0 Å². The molecule has 0 saturated carbocycles. The number of ether oxygens (including phenoxy) is 3. The lowest BCUT2D eigenvalue weighted by Gasteiger charge is -2.18. The zero-order valence-corrected chi connectivity index (χ0v) is 41.5. The first-order valence-corrected chi connectivity index (χ1v) is 26.1. The van der Waals surface area contributed by atoms with Crippen molar-refractivity contribution in [1.29, 1.82) is 0 Å². The Bertz CT molecular complexity index is 1320. The molecule has 0 aliphatic heterocycles. The van der Waals surface area contributed by atoms with Crippen LogP contribution in [0.25, 0.3) is 0 Å². The Balaban J connectivity index is 4.40. The normalized spacial score (nSPS) is 13.2. The Morgan fingerprint density at radius 2 is 0.703 bits per heavy atom. The van der Waals surface area contributed by atoms with E-state index in [0.717, 1.165) is 128 Å². The van der Waals surface area contributed by atoms with Crippen LogP contribution < -0.4 is 0 Å². The lowest BCUT2D eigenvalue weighted by molar-refractivity contribution is -0.163. The van der Waals surface area contributed by atoms with Crippen molar-refractivity contribution < 1.29 is 23.8 Å². The van der Waals surface area contributed by atoms with Gasteiger partial charge in [-0.2, -0.15) is 0 Å². The van der Waals surface area contributed by atoms with Crippen molar-refractivity contribution in [1.82, 2.24) is 0 Å². The minimum absolute atomic E-state index is 0.0441. The molecule has 0 N–H and O–H groups in total. The summed E-state index contributed by atoms with van der Waals surface area (Å²) in [6, 6.07) is 0. The minimum atomic E-state index is -0.579. The molecule has 1 unspecified atom stereocenters. The number of carbonyl (C=O) groups excluding carboxylic acids is 2. The molecule has 0 spiro atoms. The Kier molecular flexibility index (Phi) is 50.5. The number of unbranched alkanes of at least 4 members (excludes halogenated alkanes) is 15. The molecule has 0 aromatic heterocycles. The van der Waals surface area contributed by atoms with E-state index in [0.29, 0.717) is 19.4 Å². The highest BCUT2D eigenvalue weighted by Crippen LogP contribution is 2.12. The van der Waals surface area contributed by atoms with Gasteiger partial charge in [0, 0.05) is 19.4 Å². The van der Waals surface area contributed by atoms with E-state index in [1.807, 2.05) is 0 Å². The lowest BCUT2D eigenvalue weighted by Crippen LogP contribution is -2.30. The molecule has 0 aromatic carbocycles. The maximum absolute atomic E-state index is 12.8. The topological polar surface area (TPSA) is 61.8 Å². The van der Waals surface area contributed by atoms with Gasteiger partial charge in [-0.15, -0.1) is 0 Å². The first-order valence-electron chi connectivity index (χ1n) is 26.1. The number of rotatable bonds is 46. The zero-order valence-electron chi connectivity index (χ0n) is 41.5. The molecular formula is C59H96O5. The summed E-state index contributed by atoms with van der Waals surface area (Å²) in [6.45, 7) is 7.47. The summed E-state index contributed by atoms with van der Waals surface area (Å²) in [5.74, 6) is -0.482. The lowest BCUT2D eigenvalue weighted by atomic mass is 10.1. The smallest absolute Gasteiger partial charge is 0.306 e. The molecule has 5 heteroatoms. The van der Waals surface area contributed by atoms with E-state index in [-0.39, 0.29) is 25.2 Å². The second-order valence-electron chi connectivity index (χ2n) is 16.7. The molecule has 5 nitrogen and oxygen atoms in total. The monoisotopic (exact) mass is 885 g/mol. The van der Waals surface area contributed by atoms with E-state index in [1.165, 1.54) is 51.4 Å². The van der Waals surface area contributed by atoms with Crippen LogP contribution in [0.4, 0.5) is 0 Å². The third-order valence-corrected chi connectivity index (χ3v) is 10.5. The van der Waals surface area contributed by atoms with E-state index < -0.39 is 6.10 Å². The summed E-state index contributed by atoms with van der Waals surface area (Å²) in [7, 11) is 0. The van der Waals surface area contributed by atoms with Crippen molar-refractivity contribution in [2.24, 2.45) is 0 Å². The van der Waals surface area contributed by atoms with Gasteiger partial charge in [-0.05, 0) is 128 Å². The second-order valence-corrected chi connectivity index (χ2v) is 16.7. The molecule has 0 fully saturated rings. The maximum Gasteiger partial charge on any atom is 0.306 e. The first-order chi connectivity index (χ1) is 31.6. The predicted octanol–water partition coefficient (Wildman–Crippen LogP) is 17.8. The van der Waals surface area contributed by atoms with Crippen LogP contribution in [-0.4, -0.2) is 37.9 Å². The SMILES string of the molecule is CC/C=C\C/C=C\C/C=C\C/C=C\C/C=C\CCCCCC(=O)OCC(COCCCCCCCC/C=C\C/C=C\CCCCC)OC(=O)CCCCC/C=C\C/C=C\C/C=C\CC. The molecule has 0 aliphatic carbocycles. The Labute approximate surface area is 395 Å². The molecule has 0 heterocycles. The molecule has 0 aromatic rings. The molecule has 0 rings (SSSR count). The number of hydrogen-bond acceptors (Lipinski definition) is 5. The summed E-state index contributed by atoms with van der Waals surface area (Å²) >= 11 is 0. The Hall–Kier alpha value is -3.70. The van der Waals surface area contributed by atoms with Crippen LogP contribution in [0.1, 0.15) is 213 Å². The minimum Gasteiger partial charge on any atom is -0.462 e. The fraction of sp³-hybridized carbons (Fsp3) is 0.627. The molecule has 362 valence electrons. The van der Waals surface area contributed by atoms with Crippen LogP contribution in [0.5, 0.6) is 0 Å². The van der Waals surface area contributed by atoms with Gasteiger partial charge in [0.2, 0.25) is 0 Å². The molecule has 1 atom stereocenters. The quantitative estimate of drug-likeness (QED) is 0.0346. The number of hydrogen-bond donors (Lipinski definition) is 0. The zero-order chi connectivity index (χ0) is 46.3. The number of esters is 2. The third kappa shape index (κ3) is 50.9. The van der Waals surface area contributed by atoms with Crippen molar-refractivity contribution in [3.63, 3.8) is 0 Å². The van der Waals surface area contributed by atoms with Gasteiger partial charge in [-0.25, -0.2) is 0 Å². The van der Waals surface area contributed by atoms with Crippen LogP contribution in [0.2, 0.25) is 0 Å². The van der Waals surface area contributed by atoms with Gasteiger partial charge in [0.25, 0.3) is 0 Å². The molecule has 64 heavy (non-hydrogen) atoms. The summed E-state index contributed by atoms with van der Waals surface area (Å²) in [5, 5.41) is 0. The van der Waals surface area contributed by atoms with E-state index >= 15 is 0 Å². The van der Waals surface area contributed by atoms with Crippen LogP contribution in [-0.2, 0) is 23.8 Å². The summed E-state index contributed by atoms with van der Waals surface area (Å²) in [5.41, 5.74) is 0.